The van der Waals surface area contributed by atoms with Crippen molar-refractivity contribution in [1.29, 1.82) is 0 Å². The summed E-state index contributed by atoms with van der Waals surface area (Å²) in [4.78, 5) is 14.3. The summed E-state index contributed by atoms with van der Waals surface area (Å²) in [5.41, 5.74) is 0.612. The van der Waals surface area contributed by atoms with E-state index in [0.717, 1.165) is 11.0 Å². The lowest BCUT2D eigenvalue weighted by Crippen LogP contribution is -2.45. The first-order valence-electron chi connectivity index (χ1n) is 6.22. The number of benzene rings is 1. The molecule has 0 bridgehead atoms. The molecule has 106 valence electrons. The molecule has 0 aliphatic heterocycles. The average Bonchev–Trinajstić information content (AvgIpc) is 2.31. The molecule has 1 aromatic rings. The second kappa shape index (κ2) is 7.27. The van der Waals surface area contributed by atoms with Gasteiger partial charge in [0.2, 0.25) is 0 Å². The molecule has 3 nitrogen and oxygen atoms in total. The molecule has 1 amide bonds. The topological polar surface area (TPSA) is 32.3 Å². The van der Waals surface area contributed by atoms with E-state index in [9.17, 15) is 4.79 Å². The summed E-state index contributed by atoms with van der Waals surface area (Å²) in [7, 11) is 4.00. The lowest BCUT2D eigenvalue weighted by molar-refractivity contribution is 0.0916. The minimum atomic E-state index is -0.0714. The summed E-state index contributed by atoms with van der Waals surface area (Å²) < 4.78 is 0.732. The lowest BCUT2D eigenvalue weighted by atomic mass is 10.0. The molecule has 1 aromatic carbocycles. The van der Waals surface area contributed by atoms with Crippen LogP contribution in [0.4, 0.5) is 0 Å². The van der Waals surface area contributed by atoms with Crippen LogP contribution in [0.3, 0.4) is 0 Å². The highest BCUT2D eigenvalue weighted by Gasteiger charge is 2.18. The van der Waals surface area contributed by atoms with Crippen molar-refractivity contribution in [2.24, 2.45) is 5.92 Å². The summed E-state index contributed by atoms with van der Waals surface area (Å²) >= 11 is 9.25. The number of halogens is 2. The van der Waals surface area contributed by atoms with Crippen LogP contribution in [0.25, 0.3) is 0 Å². The first kappa shape index (κ1) is 16.5. The molecule has 0 radical (unpaired) electrons. The Morgan fingerprint density at radius 2 is 2.05 bits per heavy atom. The fourth-order valence-corrected chi connectivity index (χ4v) is 2.20. The molecule has 0 spiro atoms. The summed E-state index contributed by atoms with van der Waals surface area (Å²) in [6.45, 7) is 5.02. The molecular formula is C14H20BrClN2O. The smallest absolute Gasteiger partial charge is 0.251 e. The largest absolute Gasteiger partial charge is 0.348 e. The van der Waals surface area contributed by atoms with Gasteiger partial charge in [0.1, 0.15) is 0 Å². The normalized spacial score (nSPS) is 12.8. The van der Waals surface area contributed by atoms with Crippen molar-refractivity contribution in [2.75, 3.05) is 20.6 Å². The Hall–Kier alpha value is -0.580. The first-order chi connectivity index (χ1) is 8.81. The van der Waals surface area contributed by atoms with Crippen LogP contribution in [0.5, 0.6) is 0 Å². The fraction of sp³-hybridized carbons (Fsp3) is 0.500. The Morgan fingerprint density at radius 3 is 2.53 bits per heavy atom. The van der Waals surface area contributed by atoms with Crippen molar-refractivity contribution >= 4 is 33.4 Å². The minimum Gasteiger partial charge on any atom is -0.348 e. The van der Waals surface area contributed by atoms with Gasteiger partial charge in [-0.05, 0) is 54.1 Å². The van der Waals surface area contributed by atoms with Gasteiger partial charge >= 0.3 is 0 Å². The number of hydrogen-bond acceptors (Lipinski definition) is 2. The van der Waals surface area contributed by atoms with E-state index < -0.39 is 0 Å². The van der Waals surface area contributed by atoms with Crippen molar-refractivity contribution in [3.63, 3.8) is 0 Å². The van der Waals surface area contributed by atoms with Crippen LogP contribution in [0, 0.1) is 5.92 Å². The SMILES string of the molecule is CC(C)C(CN(C)C)NC(=O)c1ccc(Cl)c(Br)c1. The maximum Gasteiger partial charge on any atom is 0.251 e. The van der Waals surface area contributed by atoms with Gasteiger partial charge in [0.15, 0.2) is 0 Å². The molecule has 0 aliphatic rings. The van der Waals surface area contributed by atoms with Crippen molar-refractivity contribution in [1.82, 2.24) is 10.2 Å². The van der Waals surface area contributed by atoms with E-state index >= 15 is 0 Å². The third kappa shape index (κ3) is 5.13. The molecule has 0 aromatic heterocycles. The third-order valence-corrected chi connectivity index (χ3v) is 4.08. The van der Waals surface area contributed by atoms with E-state index in [4.69, 9.17) is 11.6 Å². The van der Waals surface area contributed by atoms with Crippen molar-refractivity contribution in [3.05, 3.63) is 33.3 Å². The van der Waals surface area contributed by atoms with Crippen molar-refractivity contribution in [3.8, 4) is 0 Å². The van der Waals surface area contributed by atoms with Gasteiger partial charge in [0.05, 0.1) is 5.02 Å². The average molecular weight is 348 g/mol. The van der Waals surface area contributed by atoms with Gasteiger partial charge in [0, 0.05) is 22.6 Å². The van der Waals surface area contributed by atoms with Crippen molar-refractivity contribution < 1.29 is 4.79 Å². The van der Waals surface area contributed by atoms with Crippen LogP contribution >= 0.6 is 27.5 Å². The summed E-state index contributed by atoms with van der Waals surface area (Å²) in [5, 5.41) is 3.67. The van der Waals surface area contributed by atoms with Crippen molar-refractivity contribution in [2.45, 2.75) is 19.9 Å². The van der Waals surface area contributed by atoms with Gasteiger partial charge in [-0.2, -0.15) is 0 Å². The molecule has 1 rings (SSSR count). The Labute approximate surface area is 128 Å². The number of carbonyl (C=O) groups excluding carboxylic acids is 1. The molecule has 1 N–H and O–H groups in total. The zero-order valence-corrected chi connectivity index (χ0v) is 14.0. The van der Waals surface area contributed by atoms with Gasteiger partial charge in [-0.25, -0.2) is 0 Å². The van der Waals surface area contributed by atoms with Gasteiger partial charge in [-0.3, -0.25) is 4.79 Å². The molecule has 5 heteroatoms. The van der Waals surface area contributed by atoms with Gasteiger partial charge in [-0.1, -0.05) is 25.4 Å². The lowest BCUT2D eigenvalue weighted by Gasteiger charge is -2.25. The summed E-state index contributed by atoms with van der Waals surface area (Å²) in [6, 6.07) is 5.31. The van der Waals surface area contributed by atoms with Crippen LogP contribution in [-0.4, -0.2) is 37.5 Å². The van der Waals surface area contributed by atoms with Gasteiger partial charge < -0.3 is 10.2 Å². The maximum atomic E-state index is 12.2. The quantitative estimate of drug-likeness (QED) is 0.885. The number of likely N-dealkylation sites (N-methyl/N-ethyl adjacent to an activating group) is 1. The molecule has 19 heavy (non-hydrogen) atoms. The highest BCUT2D eigenvalue weighted by Crippen LogP contribution is 2.23. The fourth-order valence-electron chi connectivity index (χ4n) is 1.71. The van der Waals surface area contributed by atoms with E-state index in [1.807, 2.05) is 14.1 Å². The third-order valence-electron chi connectivity index (χ3n) is 2.86. The number of amides is 1. The molecule has 1 unspecified atom stereocenters. The van der Waals surface area contributed by atoms with Crippen LogP contribution < -0.4 is 5.32 Å². The zero-order valence-electron chi connectivity index (χ0n) is 11.7. The highest BCUT2D eigenvalue weighted by molar-refractivity contribution is 9.10. The molecule has 1 atom stereocenters. The van der Waals surface area contributed by atoms with Crippen LogP contribution in [0.15, 0.2) is 22.7 Å². The molecule has 0 heterocycles. The minimum absolute atomic E-state index is 0.0714. The van der Waals surface area contributed by atoms with Crippen LogP contribution in [0.2, 0.25) is 5.02 Å². The predicted octanol–water partition coefficient (Wildman–Crippen LogP) is 3.42. The predicted molar refractivity (Wildman–Crippen MR) is 83.8 cm³/mol. The summed E-state index contributed by atoms with van der Waals surface area (Å²) in [6.07, 6.45) is 0. The number of nitrogens with zero attached hydrogens (tertiary/aromatic N) is 1. The van der Waals surface area contributed by atoms with E-state index in [-0.39, 0.29) is 11.9 Å². The second-order valence-electron chi connectivity index (χ2n) is 5.22. The Bertz CT molecular complexity index is 449. The van der Waals surface area contributed by atoms with E-state index in [0.29, 0.717) is 16.5 Å². The van der Waals surface area contributed by atoms with E-state index in [1.54, 1.807) is 18.2 Å². The molecule has 0 fully saturated rings. The first-order valence-corrected chi connectivity index (χ1v) is 7.39. The molecule has 0 aliphatic carbocycles. The van der Waals surface area contributed by atoms with Gasteiger partial charge in [-0.15, -0.1) is 0 Å². The molecular weight excluding hydrogens is 328 g/mol. The van der Waals surface area contributed by atoms with Gasteiger partial charge in [0.25, 0.3) is 5.91 Å². The number of carbonyl (C=O) groups is 1. The van der Waals surface area contributed by atoms with E-state index in [2.05, 4.69) is 40.0 Å². The second-order valence-corrected chi connectivity index (χ2v) is 6.48. The van der Waals surface area contributed by atoms with Crippen LogP contribution in [-0.2, 0) is 0 Å². The summed E-state index contributed by atoms with van der Waals surface area (Å²) in [5.74, 6) is 0.306. The highest BCUT2D eigenvalue weighted by atomic mass is 79.9. The Balaban J connectivity index is 2.78. The Morgan fingerprint density at radius 1 is 1.42 bits per heavy atom. The van der Waals surface area contributed by atoms with Crippen LogP contribution in [0.1, 0.15) is 24.2 Å². The zero-order chi connectivity index (χ0) is 14.6. The standard InChI is InChI=1S/C14H20BrClN2O/c1-9(2)13(8-18(3)4)17-14(19)10-5-6-12(16)11(15)7-10/h5-7,9,13H,8H2,1-4H3,(H,17,19). The maximum absolute atomic E-state index is 12.2. The Kier molecular flexibility index (Phi) is 6.30. The monoisotopic (exact) mass is 346 g/mol. The number of rotatable bonds is 5. The van der Waals surface area contributed by atoms with E-state index in [1.165, 1.54) is 0 Å². The number of nitrogens with one attached hydrogen (secondary N) is 1. The molecule has 0 saturated heterocycles. The number of hydrogen-bond donors (Lipinski definition) is 1. The molecule has 0 saturated carbocycles.